The Morgan fingerprint density at radius 1 is 1.02 bits per heavy atom. The van der Waals surface area contributed by atoms with Crippen LogP contribution in [0.15, 0.2) is 99.9 Å². The highest BCUT2D eigenvalue weighted by molar-refractivity contribution is 7.07. The number of carbonyl (C=O) groups is 1. The van der Waals surface area contributed by atoms with E-state index in [-0.39, 0.29) is 24.1 Å². The summed E-state index contributed by atoms with van der Waals surface area (Å²) in [4.78, 5) is 32.9. The van der Waals surface area contributed by atoms with E-state index >= 15 is 0 Å². The van der Waals surface area contributed by atoms with Crippen LogP contribution in [0.5, 0.6) is 11.5 Å². The Balaban J connectivity index is 1.37. The van der Waals surface area contributed by atoms with Gasteiger partial charge in [-0.25, -0.2) is 14.2 Å². The molecule has 0 amide bonds. The maximum atomic E-state index is 14.3. The number of halogens is 1. The van der Waals surface area contributed by atoms with Gasteiger partial charge in [-0.2, -0.15) is 0 Å². The van der Waals surface area contributed by atoms with E-state index in [0.717, 1.165) is 28.2 Å². The molecule has 3 aromatic carbocycles. The zero-order valence-electron chi connectivity index (χ0n) is 28.3. The molecular formula is C39H38FN3O5S. The molecule has 252 valence electrons. The van der Waals surface area contributed by atoms with E-state index in [2.05, 4.69) is 4.57 Å². The molecule has 10 heteroatoms. The molecule has 1 aliphatic rings. The van der Waals surface area contributed by atoms with Crippen molar-refractivity contribution in [1.29, 1.82) is 0 Å². The molecule has 1 atom stereocenters. The van der Waals surface area contributed by atoms with E-state index in [1.807, 2.05) is 88.4 Å². The Hall–Kier alpha value is -5.22. The lowest BCUT2D eigenvalue weighted by atomic mass is 9.95. The number of ether oxygens (including phenoxy) is 3. The number of thiazole rings is 1. The molecule has 0 spiro atoms. The summed E-state index contributed by atoms with van der Waals surface area (Å²) in [5.74, 6) is 0.490. The van der Waals surface area contributed by atoms with Crippen molar-refractivity contribution >= 4 is 23.4 Å². The van der Waals surface area contributed by atoms with E-state index in [0.29, 0.717) is 44.3 Å². The molecule has 0 radical (unpaired) electrons. The highest BCUT2D eigenvalue weighted by Gasteiger charge is 2.35. The second-order valence-corrected chi connectivity index (χ2v) is 13.1. The minimum absolute atomic E-state index is 0.117. The molecule has 8 nitrogen and oxygen atoms in total. The first-order valence-corrected chi connectivity index (χ1v) is 17.0. The SMILES string of the molecule is CCOC(=O)C1=C(C)N=c2s/c(=C\c3cc(C)n(-c4ccc(OCc5ccc(F)cc5)cc4)c3C)c(=O)n2[C@H]1c1ccccc1OC(C)C. The van der Waals surface area contributed by atoms with Gasteiger partial charge in [0.25, 0.3) is 5.56 Å². The van der Waals surface area contributed by atoms with Gasteiger partial charge in [-0.05, 0) is 107 Å². The van der Waals surface area contributed by atoms with E-state index in [4.69, 9.17) is 19.2 Å². The van der Waals surface area contributed by atoms with E-state index in [1.54, 1.807) is 30.5 Å². The van der Waals surface area contributed by atoms with Crippen molar-refractivity contribution in [2.24, 2.45) is 4.99 Å². The van der Waals surface area contributed by atoms with Gasteiger partial charge in [-0.15, -0.1) is 0 Å². The Bertz CT molecular complexity index is 2230. The number of rotatable bonds is 10. The molecular weight excluding hydrogens is 642 g/mol. The lowest BCUT2D eigenvalue weighted by Crippen LogP contribution is -2.40. The normalized spacial score (nSPS) is 14.5. The van der Waals surface area contributed by atoms with E-state index in [9.17, 15) is 14.0 Å². The third-order valence-electron chi connectivity index (χ3n) is 8.26. The van der Waals surface area contributed by atoms with Crippen molar-refractivity contribution in [1.82, 2.24) is 9.13 Å². The highest BCUT2D eigenvalue weighted by Crippen LogP contribution is 2.36. The third-order valence-corrected chi connectivity index (χ3v) is 9.25. The third kappa shape index (κ3) is 6.87. The fourth-order valence-electron chi connectivity index (χ4n) is 6.06. The fraction of sp³-hybridized carbons (Fsp3) is 0.256. The zero-order valence-corrected chi connectivity index (χ0v) is 29.1. The second kappa shape index (κ2) is 14.1. The van der Waals surface area contributed by atoms with Crippen molar-refractivity contribution in [2.45, 2.75) is 60.3 Å². The number of para-hydroxylation sites is 1. The van der Waals surface area contributed by atoms with Crippen molar-refractivity contribution in [3.63, 3.8) is 0 Å². The maximum Gasteiger partial charge on any atom is 0.338 e. The van der Waals surface area contributed by atoms with Crippen LogP contribution in [0.2, 0.25) is 0 Å². The standard InChI is InChI=1S/C39H38FN3O5S/c1-7-46-38(45)35-25(5)41-39-43(36(35)32-10-8-9-11-33(32)48-23(2)3)37(44)34(49-39)21-28-20-24(4)42(26(28)6)30-16-18-31(19-17-30)47-22-27-12-14-29(40)15-13-27/h8-21,23,36H,7,22H2,1-6H3/b34-21-/t36-/m0/s1. The number of carbonyl (C=O) groups excluding carboxylic acids is 1. The number of esters is 1. The first kappa shape index (κ1) is 33.7. The number of benzene rings is 3. The second-order valence-electron chi connectivity index (χ2n) is 12.1. The summed E-state index contributed by atoms with van der Waals surface area (Å²) < 4.78 is 35.0. The van der Waals surface area contributed by atoms with Gasteiger partial charge in [0, 0.05) is 22.6 Å². The van der Waals surface area contributed by atoms with Gasteiger partial charge in [0.2, 0.25) is 0 Å². The minimum Gasteiger partial charge on any atom is -0.491 e. The van der Waals surface area contributed by atoms with Crippen molar-refractivity contribution < 1.29 is 23.4 Å². The van der Waals surface area contributed by atoms with Gasteiger partial charge in [-0.1, -0.05) is 41.7 Å². The number of fused-ring (bicyclic) bond motifs is 1. The average molecular weight is 680 g/mol. The van der Waals surface area contributed by atoms with Gasteiger partial charge in [-0.3, -0.25) is 9.36 Å². The average Bonchev–Trinajstić information content (AvgIpc) is 3.53. The molecule has 5 aromatic rings. The molecule has 1 aliphatic heterocycles. The lowest BCUT2D eigenvalue weighted by Gasteiger charge is -2.26. The van der Waals surface area contributed by atoms with Crippen LogP contribution >= 0.6 is 11.3 Å². The Morgan fingerprint density at radius 2 is 1.73 bits per heavy atom. The summed E-state index contributed by atoms with van der Waals surface area (Å²) in [6.07, 6.45) is 1.77. The molecule has 0 saturated carbocycles. The predicted octanol–water partition coefficient (Wildman–Crippen LogP) is 6.71. The van der Waals surface area contributed by atoms with E-state index in [1.165, 1.54) is 23.5 Å². The van der Waals surface area contributed by atoms with Crippen LogP contribution in [0.4, 0.5) is 4.39 Å². The molecule has 0 fully saturated rings. The van der Waals surface area contributed by atoms with Crippen LogP contribution in [-0.4, -0.2) is 27.8 Å². The first-order chi connectivity index (χ1) is 23.5. The van der Waals surface area contributed by atoms with E-state index < -0.39 is 12.0 Å². The van der Waals surface area contributed by atoms with Crippen LogP contribution in [0.1, 0.15) is 61.8 Å². The molecule has 3 heterocycles. The fourth-order valence-corrected chi connectivity index (χ4v) is 7.10. The van der Waals surface area contributed by atoms with Crippen molar-refractivity contribution in [3.05, 3.63) is 144 Å². The molecule has 2 aromatic heterocycles. The van der Waals surface area contributed by atoms with Crippen LogP contribution in [0.3, 0.4) is 0 Å². The summed E-state index contributed by atoms with van der Waals surface area (Å²) in [6.45, 7) is 12.0. The molecule has 6 rings (SSSR count). The molecule has 0 bridgehead atoms. The van der Waals surface area contributed by atoms with Gasteiger partial charge in [0.05, 0.1) is 28.5 Å². The number of hydrogen-bond donors (Lipinski definition) is 0. The highest BCUT2D eigenvalue weighted by atomic mass is 32.1. The monoisotopic (exact) mass is 679 g/mol. The van der Waals surface area contributed by atoms with Crippen LogP contribution in [-0.2, 0) is 16.1 Å². The maximum absolute atomic E-state index is 14.3. The summed E-state index contributed by atoms with van der Waals surface area (Å²) in [5.41, 5.74) is 5.90. The molecule has 0 N–H and O–H groups in total. The molecule has 49 heavy (non-hydrogen) atoms. The smallest absolute Gasteiger partial charge is 0.338 e. The number of aromatic nitrogens is 2. The van der Waals surface area contributed by atoms with Gasteiger partial charge in [0.15, 0.2) is 4.80 Å². The summed E-state index contributed by atoms with van der Waals surface area (Å²) in [7, 11) is 0. The summed E-state index contributed by atoms with van der Waals surface area (Å²) >= 11 is 1.29. The minimum atomic E-state index is -0.774. The van der Waals surface area contributed by atoms with Crippen LogP contribution < -0.4 is 24.4 Å². The molecule has 0 unspecified atom stereocenters. The summed E-state index contributed by atoms with van der Waals surface area (Å²) in [6, 6.07) is 22.8. The Labute approximate surface area is 288 Å². The predicted molar refractivity (Wildman–Crippen MR) is 189 cm³/mol. The largest absolute Gasteiger partial charge is 0.491 e. The van der Waals surface area contributed by atoms with Crippen molar-refractivity contribution in [3.8, 4) is 17.2 Å². The number of allylic oxidation sites excluding steroid dienone is 1. The summed E-state index contributed by atoms with van der Waals surface area (Å²) in [5, 5.41) is 0. The Morgan fingerprint density at radius 3 is 2.43 bits per heavy atom. The Kier molecular flexibility index (Phi) is 9.69. The van der Waals surface area contributed by atoms with Crippen LogP contribution in [0.25, 0.3) is 11.8 Å². The lowest BCUT2D eigenvalue weighted by molar-refractivity contribution is -0.139. The number of hydrogen-bond acceptors (Lipinski definition) is 7. The van der Waals surface area contributed by atoms with Gasteiger partial charge in [0.1, 0.15) is 30.0 Å². The van der Waals surface area contributed by atoms with Gasteiger partial charge < -0.3 is 18.8 Å². The molecule has 0 aliphatic carbocycles. The zero-order chi connectivity index (χ0) is 34.8. The van der Waals surface area contributed by atoms with Gasteiger partial charge >= 0.3 is 5.97 Å². The first-order valence-electron chi connectivity index (χ1n) is 16.2. The van der Waals surface area contributed by atoms with Crippen molar-refractivity contribution in [2.75, 3.05) is 6.61 Å². The number of nitrogens with zero attached hydrogens (tertiary/aromatic N) is 3. The number of aryl methyl sites for hydroxylation is 1. The topological polar surface area (TPSA) is 84.0 Å². The quantitative estimate of drug-likeness (QED) is 0.153. The van der Waals surface area contributed by atoms with Crippen LogP contribution in [0, 0.1) is 19.7 Å². The molecule has 0 saturated heterocycles.